The van der Waals surface area contributed by atoms with Crippen LogP contribution >= 0.6 is 11.3 Å². The monoisotopic (exact) mass is 254 g/mol. The molecule has 0 spiro atoms. The van der Waals surface area contributed by atoms with Crippen molar-refractivity contribution < 1.29 is 9.53 Å². The van der Waals surface area contributed by atoms with Crippen molar-refractivity contribution in [2.24, 2.45) is 0 Å². The number of likely N-dealkylation sites (tertiary alicyclic amines) is 1. The van der Waals surface area contributed by atoms with Crippen molar-refractivity contribution in [1.29, 1.82) is 0 Å². The highest BCUT2D eigenvalue weighted by Gasteiger charge is 2.29. The molecule has 0 bridgehead atoms. The molecule has 2 heterocycles. The van der Waals surface area contributed by atoms with E-state index in [1.165, 1.54) is 4.88 Å². The number of thiazole rings is 1. The Kier molecular flexibility index (Phi) is 4.50. The summed E-state index contributed by atoms with van der Waals surface area (Å²) in [6, 6.07) is -0.0641. The zero-order valence-electron chi connectivity index (χ0n) is 10.1. The van der Waals surface area contributed by atoms with E-state index in [0.29, 0.717) is 6.61 Å². The molecule has 0 N–H and O–H groups in total. The lowest BCUT2D eigenvalue weighted by Crippen LogP contribution is -2.44. The first-order chi connectivity index (χ1) is 8.31. The summed E-state index contributed by atoms with van der Waals surface area (Å²) in [5.74, 6) is -0.0725. The maximum atomic E-state index is 11.9. The molecule has 1 unspecified atom stereocenters. The highest BCUT2D eigenvalue weighted by Crippen LogP contribution is 2.21. The zero-order valence-corrected chi connectivity index (χ0v) is 10.9. The van der Waals surface area contributed by atoms with Crippen LogP contribution in [0.15, 0.2) is 11.7 Å². The van der Waals surface area contributed by atoms with E-state index in [2.05, 4.69) is 9.88 Å². The first kappa shape index (κ1) is 12.5. The van der Waals surface area contributed by atoms with Crippen LogP contribution in [-0.4, -0.2) is 35.0 Å². The Bertz CT molecular complexity index is 353. The van der Waals surface area contributed by atoms with Crippen molar-refractivity contribution in [2.45, 2.75) is 38.8 Å². The summed E-state index contributed by atoms with van der Waals surface area (Å²) in [6.45, 7) is 4.10. The second kappa shape index (κ2) is 6.12. The molecule has 0 saturated carbocycles. The van der Waals surface area contributed by atoms with E-state index in [0.717, 1.165) is 32.4 Å². The molecule has 1 aliphatic heterocycles. The normalized spacial score (nSPS) is 21.4. The third kappa shape index (κ3) is 3.26. The minimum atomic E-state index is -0.0725. The molecule has 4 nitrogen and oxygen atoms in total. The number of carbonyl (C=O) groups excluding carboxylic acids is 1. The molecule has 1 aromatic heterocycles. The fourth-order valence-corrected chi connectivity index (χ4v) is 2.83. The van der Waals surface area contributed by atoms with Gasteiger partial charge in [0.25, 0.3) is 0 Å². The van der Waals surface area contributed by atoms with Gasteiger partial charge >= 0.3 is 5.97 Å². The van der Waals surface area contributed by atoms with Gasteiger partial charge in [0.15, 0.2) is 0 Å². The van der Waals surface area contributed by atoms with Crippen LogP contribution < -0.4 is 0 Å². The Hall–Kier alpha value is -0.940. The molecule has 1 fully saturated rings. The van der Waals surface area contributed by atoms with Gasteiger partial charge in [-0.05, 0) is 26.3 Å². The minimum Gasteiger partial charge on any atom is -0.465 e. The summed E-state index contributed by atoms with van der Waals surface area (Å²) < 4.78 is 5.14. The fraction of sp³-hybridized carbons (Fsp3) is 0.667. The summed E-state index contributed by atoms with van der Waals surface area (Å²) in [5, 5.41) is 0. The van der Waals surface area contributed by atoms with Crippen molar-refractivity contribution in [3.05, 3.63) is 16.6 Å². The zero-order chi connectivity index (χ0) is 12.1. The van der Waals surface area contributed by atoms with Gasteiger partial charge in [-0.3, -0.25) is 14.7 Å². The number of carbonyl (C=O) groups is 1. The van der Waals surface area contributed by atoms with Crippen LogP contribution in [-0.2, 0) is 16.1 Å². The minimum absolute atomic E-state index is 0.0641. The Labute approximate surface area is 106 Å². The molecule has 5 heteroatoms. The molecular formula is C12H18N2O2S. The van der Waals surface area contributed by atoms with E-state index in [1.54, 1.807) is 11.3 Å². The van der Waals surface area contributed by atoms with E-state index in [-0.39, 0.29) is 12.0 Å². The van der Waals surface area contributed by atoms with Gasteiger partial charge in [-0.2, -0.15) is 0 Å². The van der Waals surface area contributed by atoms with Crippen molar-refractivity contribution in [1.82, 2.24) is 9.88 Å². The predicted octanol–water partition coefficient (Wildman–Crippen LogP) is 2.06. The first-order valence-corrected chi connectivity index (χ1v) is 6.97. The largest absolute Gasteiger partial charge is 0.465 e. The predicted molar refractivity (Wildman–Crippen MR) is 66.8 cm³/mol. The summed E-state index contributed by atoms with van der Waals surface area (Å²) in [7, 11) is 0. The van der Waals surface area contributed by atoms with Crippen molar-refractivity contribution >= 4 is 17.3 Å². The second-order valence-electron chi connectivity index (χ2n) is 4.20. The number of esters is 1. The highest BCUT2D eigenvalue weighted by atomic mass is 32.1. The quantitative estimate of drug-likeness (QED) is 0.771. The lowest BCUT2D eigenvalue weighted by Gasteiger charge is -2.33. The smallest absolute Gasteiger partial charge is 0.323 e. The van der Waals surface area contributed by atoms with E-state index in [9.17, 15) is 4.79 Å². The van der Waals surface area contributed by atoms with Gasteiger partial charge in [0.1, 0.15) is 6.04 Å². The molecule has 17 heavy (non-hydrogen) atoms. The van der Waals surface area contributed by atoms with Crippen LogP contribution in [0.5, 0.6) is 0 Å². The number of aromatic nitrogens is 1. The molecule has 0 aromatic carbocycles. The molecule has 1 aliphatic rings. The van der Waals surface area contributed by atoms with Gasteiger partial charge in [-0.25, -0.2) is 0 Å². The molecule has 2 rings (SSSR count). The highest BCUT2D eigenvalue weighted by molar-refractivity contribution is 7.09. The molecule has 1 saturated heterocycles. The lowest BCUT2D eigenvalue weighted by atomic mass is 10.0. The van der Waals surface area contributed by atoms with Crippen LogP contribution in [0.25, 0.3) is 0 Å². The lowest BCUT2D eigenvalue weighted by molar-refractivity contribution is -0.151. The fourth-order valence-electron chi connectivity index (χ4n) is 2.21. The summed E-state index contributed by atoms with van der Waals surface area (Å²) >= 11 is 1.64. The average Bonchev–Trinajstić information content (AvgIpc) is 2.83. The van der Waals surface area contributed by atoms with Gasteiger partial charge in [0.05, 0.1) is 12.1 Å². The Balaban J connectivity index is 1.99. The Morgan fingerprint density at radius 2 is 2.53 bits per heavy atom. The topological polar surface area (TPSA) is 42.4 Å². The van der Waals surface area contributed by atoms with Gasteiger partial charge in [0, 0.05) is 17.6 Å². The van der Waals surface area contributed by atoms with Crippen molar-refractivity contribution in [2.75, 3.05) is 13.2 Å². The maximum Gasteiger partial charge on any atom is 0.323 e. The average molecular weight is 254 g/mol. The Morgan fingerprint density at radius 3 is 3.24 bits per heavy atom. The van der Waals surface area contributed by atoms with E-state index < -0.39 is 0 Å². The summed E-state index contributed by atoms with van der Waals surface area (Å²) in [6.07, 6.45) is 5.07. The van der Waals surface area contributed by atoms with E-state index in [1.807, 2.05) is 18.6 Å². The van der Waals surface area contributed by atoms with Crippen molar-refractivity contribution in [3.8, 4) is 0 Å². The molecule has 0 amide bonds. The maximum absolute atomic E-state index is 11.9. The number of rotatable bonds is 4. The molecule has 1 atom stereocenters. The van der Waals surface area contributed by atoms with Crippen LogP contribution in [0.3, 0.4) is 0 Å². The van der Waals surface area contributed by atoms with Crippen LogP contribution in [0, 0.1) is 0 Å². The number of ether oxygens (including phenoxy) is 1. The van der Waals surface area contributed by atoms with Gasteiger partial charge in [-0.1, -0.05) is 6.42 Å². The summed E-state index contributed by atoms with van der Waals surface area (Å²) in [4.78, 5) is 19.4. The summed E-state index contributed by atoms with van der Waals surface area (Å²) in [5.41, 5.74) is 1.83. The number of nitrogens with zero attached hydrogens (tertiary/aromatic N) is 2. The number of hydrogen-bond acceptors (Lipinski definition) is 5. The molecular weight excluding hydrogens is 236 g/mol. The van der Waals surface area contributed by atoms with E-state index >= 15 is 0 Å². The second-order valence-corrected chi connectivity index (χ2v) is 5.17. The third-order valence-electron chi connectivity index (χ3n) is 3.01. The van der Waals surface area contributed by atoms with Crippen LogP contribution in [0.4, 0.5) is 0 Å². The molecule has 1 aromatic rings. The molecule has 94 valence electrons. The first-order valence-electron chi connectivity index (χ1n) is 6.09. The van der Waals surface area contributed by atoms with Gasteiger partial charge in [0.2, 0.25) is 0 Å². The van der Waals surface area contributed by atoms with Gasteiger partial charge < -0.3 is 4.74 Å². The van der Waals surface area contributed by atoms with Gasteiger partial charge in [-0.15, -0.1) is 11.3 Å². The SMILES string of the molecule is CCOC(=O)C1CCCCN1Cc1cncs1. The van der Waals surface area contributed by atoms with Crippen molar-refractivity contribution in [3.63, 3.8) is 0 Å². The van der Waals surface area contributed by atoms with E-state index in [4.69, 9.17) is 4.74 Å². The van der Waals surface area contributed by atoms with Crippen LogP contribution in [0.2, 0.25) is 0 Å². The Morgan fingerprint density at radius 1 is 1.65 bits per heavy atom. The number of hydrogen-bond donors (Lipinski definition) is 0. The van der Waals surface area contributed by atoms with Crippen LogP contribution in [0.1, 0.15) is 31.1 Å². The number of piperidine rings is 1. The third-order valence-corrected chi connectivity index (χ3v) is 3.78. The molecule has 0 radical (unpaired) electrons. The molecule has 0 aliphatic carbocycles. The standard InChI is InChI=1S/C12H18N2O2S/c1-2-16-12(15)11-5-3-4-6-14(11)8-10-7-13-9-17-10/h7,9,11H,2-6,8H2,1H3.